The molecule has 2 saturated heterocycles. The lowest BCUT2D eigenvalue weighted by Gasteiger charge is -2.47. The molecule has 2 aliphatic heterocycles. The van der Waals surface area contributed by atoms with E-state index in [1.165, 1.54) is 13.0 Å². The van der Waals surface area contributed by atoms with Crippen LogP contribution in [0.2, 0.25) is 5.02 Å². The van der Waals surface area contributed by atoms with Crippen molar-refractivity contribution in [3.05, 3.63) is 96.0 Å². The van der Waals surface area contributed by atoms with E-state index in [1.807, 2.05) is 18.7 Å². The van der Waals surface area contributed by atoms with Gasteiger partial charge in [-0.25, -0.2) is 4.39 Å². The minimum Gasteiger partial charge on any atom is -0.481 e. The van der Waals surface area contributed by atoms with Crippen molar-refractivity contribution in [1.29, 1.82) is 0 Å². The molecule has 0 unspecified atom stereocenters. The third kappa shape index (κ3) is 9.26. The van der Waals surface area contributed by atoms with E-state index in [0.717, 1.165) is 48.7 Å². The highest BCUT2D eigenvalue weighted by atomic mass is 35.5. The summed E-state index contributed by atoms with van der Waals surface area (Å²) in [4.78, 5) is 55.1. The topological polar surface area (TPSA) is 124 Å². The van der Waals surface area contributed by atoms with Crippen molar-refractivity contribution in [2.75, 3.05) is 19.6 Å². The second kappa shape index (κ2) is 16.0. The number of hydrazine groups is 1. The molecule has 3 fully saturated rings. The van der Waals surface area contributed by atoms with E-state index >= 15 is 4.39 Å². The molecule has 3 aromatic rings. The third-order valence-corrected chi connectivity index (χ3v) is 10.3. The van der Waals surface area contributed by atoms with Crippen molar-refractivity contribution >= 4 is 23.5 Å². The van der Waals surface area contributed by atoms with E-state index in [9.17, 15) is 37.6 Å². The number of rotatable bonds is 14. The van der Waals surface area contributed by atoms with Gasteiger partial charge in [-0.1, -0.05) is 25.4 Å². The first-order chi connectivity index (χ1) is 24.8. The number of nitrogens with zero attached hydrogens (tertiary/aromatic N) is 3. The predicted octanol–water partition coefficient (Wildman–Crippen LogP) is 7.20. The molecule has 6 rings (SSSR count). The smallest absolute Gasteiger partial charge is 0.431 e. The summed E-state index contributed by atoms with van der Waals surface area (Å²) in [6.45, 7) is 10.1. The summed E-state index contributed by atoms with van der Waals surface area (Å²) >= 11 is 6.22. The van der Waals surface area contributed by atoms with Gasteiger partial charge in [-0.05, 0) is 116 Å². The maximum Gasteiger partial charge on any atom is 0.431 e. The number of aromatic nitrogens is 1. The molecule has 286 valence electrons. The second-order valence-corrected chi connectivity index (χ2v) is 15.3. The van der Waals surface area contributed by atoms with Gasteiger partial charge in [-0.3, -0.25) is 19.7 Å². The molecule has 1 amide bonds. The molecule has 1 aliphatic carbocycles. The summed E-state index contributed by atoms with van der Waals surface area (Å²) in [5, 5.41) is 12.8. The van der Waals surface area contributed by atoms with Crippen LogP contribution in [-0.2, 0) is 17.5 Å². The molecule has 1 saturated carbocycles. The molecule has 2 atom stereocenters. The highest BCUT2D eigenvalue weighted by molar-refractivity contribution is 6.30. The molecule has 0 radical (unpaired) electrons. The Bertz CT molecular complexity index is 1930. The molecular weight excluding hydrogens is 718 g/mol. The lowest BCUT2D eigenvalue weighted by atomic mass is 9.71. The van der Waals surface area contributed by atoms with Crippen molar-refractivity contribution in [1.82, 2.24) is 20.2 Å². The van der Waals surface area contributed by atoms with E-state index in [-0.39, 0.29) is 41.4 Å². The zero-order chi connectivity index (χ0) is 38.9. The van der Waals surface area contributed by atoms with Crippen LogP contribution in [-0.4, -0.2) is 57.1 Å². The molecule has 2 bridgehead atoms. The molecule has 0 spiro atoms. The Morgan fingerprint density at radius 2 is 1.62 bits per heavy atom. The average Bonchev–Trinajstić information content (AvgIpc) is 3.03. The zero-order valence-electron chi connectivity index (χ0n) is 30.3. The van der Waals surface area contributed by atoms with Crippen LogP contribution in [0.4, 0.5) is 17.6 Å². The number of aryl methyl sites for hydroxylation is 3. The number of pyridine rings is 1. The third-order valence-electron chi connectivity index (χ3n) is 10.1. The number of piperidine rings is 2. The SMILES string of the molecule is Cc1cc(-c2c(C)cc(Cl)cc2C)cc([C@H](CC(=O)O)N[N+](=O)[C@H](CC(C)C)NC(=O)c2ccc(C(F)(F)F)n(CCN3CC4CC(C4)C3)c2=O)c1F. The number of nitrogens with one attached hydrogen (secondary N) is 2. The molecular formula is C38H45ClF4N5O5+. The minimum absolute atomic E-state index is 0.0150. The number of aliphatic carboxylic acids is 1. The Hall–Kier alpha value is -4.30. The molecule has 2 aromatic carbocycles. The van der Waals surface area contributed by atoms with Crippen LogP contribution in [0.5, 0.6) is 0 Å². The normalized spacial score (nSPS) is 18.3. The molecule has 10 nitrogen and oxygen atoms in total. The Kier molecular flexibility index (Phi) is 12.0. The summed E-state index contributed by atoms with van der Waals surface area (Å²) in [5.74, 6) is -2.38. The fraction of sp³-hybridized carbons (Fsp3) is 0.500. The van der Waals surface area contributed by atoms with Gasteiger partial charge < -0.3 is 14.6 Å². The Morgan fingerprint density at radius 1 is 1.00 bits per heavy atom. The first kappa shape index (κ1) is 39.9. The lowest BCUT2D eigenvalue weighted by Crippen LogP contribution is -2.51. The predicted molar refractivity (Wildman–Crippen MR) is 192 cm³/mol. The largest absolute Gasteiger partial charge is 0.481 e. The number of halogens is 5. The van der Waals surface area contributed by atoms with Gasteiger partial charge in [0.25, 0.3) is 11.5 Å². The van der Waals surface area contributed by atoms with Gasteiger partial charge >= 0.3 is 18.3 Å². The summed E-state index contributed by atoms with van der Waals surface area (Å²) in [6.07, 6.45) is -4.82. The second-order valence-electron chi connectivity index (χ2n) is 14.9. The Balaban J connectivity index is 1.42. The highest BCUT2D eigenvalue weighted by Crippen LogP contribution is 2.39. The van der Waals surface area contributed by atoms with Crippen LogP contribution < -0.4 is 16.3 Å². The number of hydrogen-bond acceptors (Lipinski definition) is 5. The van der Waals surface area contributed by atoms with Gasteiger partial charge in [0.1, 0.15) is 28.0 Å². The molecule has 1 aromatic heterocycles. The van der Waals surface area contributed by atoms with Crippen molar-refractivity contribution in [3.63, 3.8) is 0 Å². The number of fused-ring (bicyclic) bond motifs is 2. The Labute approximate surface area is 310 Å². The summed E-state index contributed by atoms with van der Waals surface area (Å²) in [6, 6.07) is 6.63. The number of carbonyl (C=O) groups is 2. The van der Waals surface area contributed by atoms with Gasteiger partial charge in [0.15, 0.2) is 0 Å². The molecule has 53 heavy (non-hydrogen) atoms. The molecule has 3 N–H and O–H groups in total. The number of alkyl halides is 3. The van der Waals surface area contributed by atoms with Crippen LogP contribution in [0.25, 0.3) is 11.1 Å². The van der Waals surface area contributed by atoms with Gasteiger partial charge in [-0.2, -0.15) is 13.2 Å². The minimum atomic E-state index is -4.86. The van der Waals surface area contributed by atoms with E-state index < -0.39 is 59.3 Å². The lowest BCUT2D eigenvalue weighted by molar-refractivity contribution is -0.652. The van der Waals surface area contributed by atoms with E-state index in [0.29, 0.717) is 33.1 Å². The number of carbonyl (C=O) groups excluding carboxylic acids is 1. The van der Waals surface area contributed by atoms with Gasteiger partial charge in [0.2, 0.25) is 0 Å². The average molecular weight is 763 g/mol. The van der Waals surface area contributed by atoms with Crippen LogP contribution in [0.1, 0.15) is 83.9 Å². The summed E-state index contributed by atoms with van der Waals surface area (Å²) in [7, 11) is 0. The van der Waals surface area contributed by atoms with E-state index in [1.54, 1.807) is 32.0 Å². The van der Waals surface area contributed by atoms with Crippen LogP contribution in [0.3, 0.4) is 0 Å². The maximum absolute atomic E-state index is 15.8. The van der Waals surface area contributed by atoms with Gasteiger partial charge in [0.05, 0.1) is 11.3 Å². The Morgan fingerprint density at radius 3 is 2.19 bits per heavy atom. The van der Waals surface area contributed by atoms with Gasteiger partial charge in [0, 0.05) is 43.2 Å². The first-order valence-electron chi connectivity index (χ1n) is 17.7. The van der Waals surface area contributed by atoms with Crippen LogP contribution in [0, 0.1) is 49.2 Å². The maximum atomic E-state index is 15.8. The summed E-state index contributed by atoms with van der Waals surface area (Å²) in [5.41, 5.74) is 2.59. The van der Waals surface area contributed by atoms with Crippen molar-refractivity contribution in [3.8, 4) is 11.1 Å². The fourth-order valence-electron chi connectivity index (χ4n) is 7.71. The number of carboxylic acid groups (broad SMARTS) is 1. The van der Waals surface area contributed by atoms with Crippen molar-refractivity contribution in [2.45, 2.75) is 85.2 Å². The van der Waals surface area contributed by atoms with Crippen LogP contribution in [0.15, 0.2) is 41.2 Å². The van der Waals surface area contributed by atoms with E-state index in [4.69, 9.17) is 11.6 Å². The fourth-order valence-corrected chi connectivity index (χ4v) is 8.04. The number of carboxylic acids is 1. The van der Waals surface area contributed by atoms with E-state index in [2.05, 4.69) is 10.7 Å². The molecule has 3 aliphatic rings. The highest BCUT2D eigenvalue weighted by Gasteiger charge is 2.39. The first-order valence-corrected chi connectivity index (χ1v) is 18.1. The number of amides is 1. The summed E-state index contributed by atoms with van der Waals surface area (Å²) < 4.78 is 58.5. The van der Waals surface area contributed by atoms with Crippen molar-refractivity contribution < 1.29 is 37.1 Å². The van der Waals surface area contributed by atoms with Crippen molar-refractivity contribution in [2.24, 2.45) is 17.8 Å². The van der Waals surface area contributed by atoms with Crippen LogP contribution >= 0.6 is 11.6 Å². The quantitative estimate of drug-likeness (QED) is 0.0688. The monoisotopic (exact) mass is 762 g/mol. The molecule has 15 heteroatoms. The number of nitroso groups, excluding NO2 is 1. The standard InChI is InChI=1S/C38H44ClF4N5O5/c1-20(2)10-32(44-36(51)28-6-7-31(38(41,42)43)47(37(28)52)9-8-46-18-24-14-25(15-24)19-46)48(53)45-30(17-33(49)50)29-16-26(11-23(5)35(29)40)34-21(3)12-27(39)13-22(34)4/h6-7,11-13,16,20,24-25,30,32H,8-10,14-15,17-19H2,1-5H3,(H2-,44,45,49,50,51,53)/p+1/t24?,25?,30-,32+/m0/s1. The molecule has 3 heterocycles. The number of benzene rings is 2. The number of hydrogen-bond donors (Lipinski definition) is 3. The van der Waals surface area contributed by atoms with Gasteiger partial charge in [-0.15, -0.1) is 5.43 Å². The zero-order valence-corrected chi connectivity index (χ0v) is 31.1.